The second-order valence-corrected chi connectivity index (χ2v) is 4.40. The van der Waals surface area contributed by atoms with Crippen molar-refractivity contribution in [3.05, 3.63) is 42.2 Å². The van der Waals surface area contributed by atoms with E-state index < -0.39 is 0 Å². The molecule has 0 aliphatic carbocycles. The molecule has 0 atom stereocenters. The topological polar surface area (TPSA) is 66.0 Å². The minimum Gasteiger partial charge on any atom is -0.492 e. The van der Waals surface area contributed by atoms with E-state index >= 15 is 0 Å². The fraction of sp³-hybridized carbons (Fsp3) is 0.429. The number of benzene rings is 1. The Morgan fingerprint density at radius 2 is 2.00 bits per heavy atom. The third-order valence-electron chi connectivity index (χ3n) is 2.88. The van der Waals surface area contributed by atoms with Crippen LogP contribution in [0.4, 0.5) is 0 Å². The largest absolute Gasteiger partial charge is 0.492 e. The highest BCUT2D eigenvalue weighted by molar-refractivity contribution is 5.27. The number of nitrogens with zero attached hydrogens (tertiary/aromatic N) is 3. The van der Waals surface area contributed by atoms with Crippen LogP contribution in [0.1, 0.15) is 18.4 Å². The van der Waals surface area contributed by atoms with E-state index in [1.54, 1.807) is 6.20 Å². The number of nitrogens with two attached hydrogens (primary N) is 1. The lowest BCUT2D eigenvalue weighted by Crippen LogP contribution is -2.10. The predicted octanol–water partition coefficient (Wildman–Crippen LogP) is 1.64. The monoisotopic (exact) mass is 260 g/mol. The molecule has 2 aromatic rings. The molecule has 0 radical (unpaired) electrons. The molecule has 5 nitrogen and oxygen atoms in total. The Morgan fingerprint density at radius 3 is 2.68 bits per heavy atom. The molecule has 102 valence electrons. The lowest BCUT2D eigenvalue weighted by atomic mass is 10.1. The van der Waals surface area contributed by atoms with E-state index in [4.69, 9.17) is 10.5 Å². The Bertz CT molecular complexity index is 453. The average molecular weight is 260 g/mol. The molecule has 19 heavy (non-hydrogen) atoms. The zero-order chi connectivity index (χ0) is 13.3. The molecule has 0 aliphatic heterocycles. The Balaban J connectivity index is 1.68. The molecule has 2 N–H and O–H groups in total. The Hall–Kier alpha value is -1.88. The van der Waals surface area contributed by atoms with Gasteiger partial charge in [-0.05, 0) is 37.0 Å². The molecule has 1 heterocycles. The molecule has 0 saturated carbocycles. The minimum absolute atomic E-state index is 0.546. The van der Waals surface area contributed by atoms with Gasteiger partial charge in [0.2, 0.25) is 0 Å². The number of aryl methyl sites for hydroxylation is 2. The quantitative estimate of drug-likeness (QED) is 0.733. The molecule has 2 rings (SSSR count). The van der Waals surface area contributed by atoms with Crippen LogP contribution in [0.15, 0.2) is 36.7 Å². The zero-order valence-corrected chi connectivity index (χ0v) is 11.0. The van der Waals surface area contributed by atoms with Crippen molar-refractivity contribution in [2.45, 2.75) is 25.8 Å². The van der Waals surface area contributed by atoms with E-state index in [0.29, 0.717) is 13.2 Å². The van der Waals surface area contributed by atoms with Crippen LogP contribution in [0.3, 0.4) is 0 Å². The van der Waals surface area contributed by atoms with Crippen LogP contribution >= 0.6 is 0 Å². The Labute approximate surface area is 113 Å². The van der Waals surface area contributed by atoms with Crippen molar-refractivity contribution in [3.63, 3.8) is 0 Å². The summed E-state index contributed by atoms with van der Waals surface area (Å²) < 4.78 is 7.31. The summed E-state index contributed by atoms with van der Waals surface area (Å²) in [5, 5.41) is 7.72. The molecule has 0 unspecified atom stereocenters. The highest BCUT2D eigenvalue weighted by atomic mass is 16.5. The van der Waals surface area contributed by atoms with Gasteiger partial charge in [0, 0.05) is 19.3 Å². The van der Waals surface area contributed by atoms with Gasteiger partial charge < -0.3 is 10.5 Å². The summed E-state index contributed by atoms with van der Waals surface area (Å²) >= 11 is 0. The second kappa shape index (κ2) is 7.53. The van der Waals surface area contributed by atoms with Crippen LogP contribution in [0.25, 0.3) is 0 Å². The average Bonchev–Trinajstić information content (AvgIpc) is 2.96. The van der Waals surface area contributed by atoms with Crippen molar-refractivity contribution in [1.29, 1.82) is 0 Å². The fourth-order valence-corrected chi connectivity index (χ4v) is 1.88. The van der Waals surface area contributed by atoms with Gasteiger partial charge in [0.1, 0.15) is 12.4 Å². The van der Waals surface area contributed by atoms with Gasteiger partial charge in [-0.3, -0.25) is 4.68 Å². The SMILES string of the molecule is NCCOc1ccc(CCCCn2ccnn2)cc1. The first-order valence-corrected chi connectivity index (χ1v) is 6.64. The van der Waals surface area contributed by atoms with Crippen LogP contribution in [-0.2, 0) is 13.0 Å². The first kappa shape index (κ1) is 13.5. The fourth-order valence-electron chi connectivity index (χ4n) is 1.88. The third kappa shape index (κ3) is 4.71. The van der Waals surface area contributed by atoms with Crippen LogP contribution < -0.4 is 10.5 Å². The van der Waals surface area contributed by atoms with Gasteiger partial charge >= 0.3 is 0 Å². The van der Waals surface area contributed by atoms with Gasteiger partial charge in [-0.25, -0.2) is 0 Å². The maximum Gasteiger partial charge on any atom is 0.119 e. The van der Waals surface area contributed by atoms with Crippen molar-refractivity contribution >= 4 is 0 Å². The summed E-state index contributed by atoms with van der Waals surface area (Å²) in [5.41, 5.74) is 6.72. The van der Waals surface area contributed by atoms with Crippen molar-refractivity contribution in [1.82, 2.24) is 15.0 Å². The van der Waals surface area contributed by atoms with Crippen molar-refractivity contribution in [2.24, 2.45) is 5.73 Å². The van der Waals surface area contributed by atoms with Crippen LogP contribution in [0, 0.1) is 0 Å². The zero-order valence-electron chi connectivity index (χ0n) is 11.0. The molecule has 0 saturated heterocycles. The number of hydrogen-bond acceptors (Lipinski definition) is 4. The molecule has 0 spiro atoms. The number of hydrogen-bond donors (Lipinski definition) is 1. The molecule has 1 aromatic carbocycles. The summed E-state index contributed by atoms with van der Waals surface area (Å²) in [6, 6.07) is 8.23. The van der Waals surface area contributed by atoms with Crippen LogP contribution in [0.5, 0.6) is 5.75 Å². The van der Waals surface area contributed by atoms with E-state index in [1.807, 2.05) is 23.0 Å². The predicted molar refractivity (Wildman–Crippen MR) is 74.0 cm³/mol. The smallest absolute Gasteiger partial charge is 0.119 e. The summed E-state index contributed by atoms with van der Waals surface area (Å²) in [4.78, 5) is 0. The van der Waals surface area contributed by atoms with Gasteiger partial charge in [-0.1, -0.05) is 17.3 Å². The van der Waals surface area contributed by atoms with E-state index in [0.717, 1.165) is 31.6 Å². The van der Waals surface area contributed by atoms with E-state index in [9.17, 15) is 0 Å². The van der Waals surface area contributed by atoms with E-state index in [2.05, 4.69) is 22.4 Å². The normalized spacial score (nSPS) is 10.6. The summed E-state index contributed by atoms with van der Waals surface area (Å²) in [6.45, 7) is 2.04. The van der Waals surface area contributed by atoms with Crippen molar-refractivity contribution < 1.29 is 4.74 Å². The molecule has 0 fully saturated rings. The molecule has 0 amide bonds. The first-order valence-electron chi connectivity index (χ1n) is 6.64. The van der Waals surface area contributed by atoms with Gasteiger partial charge in [0.25, 0.3) is 0 Å². The molecule has 0 bridgehead atoms. The lowest BCUT2D eigenvalue weighted by molar-refractivity contribution is 0.328. The van der Waals surface area contributed by atoms with E-state index in [1.165, 1.54) is 5.56 Å². The maximum atomic E-state index is 5.44. The van der Waals surface area contributed by atoms with Gasteiger partial charge in [0.05, 0.1) is 6.20 Å². The first-order chi connectivity index (χ1) is 9.38. The van der Waals surface area contributed by atoms with Crippen molar-refractivity contribution in [2.75, 3.05) is 13.2 Å². The third-order valence-corrected chi connectivity index (χ3v) is 2.88. The van der Waals surface area contributed by atoms with Gasteiger partial charge in [0.15, 0.2) is 0 Å². The number of aromatic nitrogens is 3. The molecule has 1 aromatic heterocycles. The highest BCUT2D eigenvalue weighted by Gasteiger charge is 1.97. The van der Waals surface area contributed by atoms with Gasteiger partial charge in [-0.15, -0.1) is 5.10 Å². The summed E-state index contributed by atoms with van der Waals surface area (Å²) in [6.07, 6.45) is 6.92. The summed E-state index contributed by atoms with van der Waals surface area (Å²) in [7, 11) is 0. The molecule has 5 heteroatoms. The van der Waals surface area contributed by atoms with Crippen LogP contribution in [-0.4, -0.2) is 28.1 Å². The van der Waals surface area contributed by atoms with Crippen LogP contribution in [0.2, 0.25) is 0 Å². The Morgan fingerprint density at radius 1 is 1.16 bits per heavy atom. The van der Waals surface area contributed by atoms with E-state index in [-0.39, 0.29) is 0 Å². The number of unbranched alkanes of at least 4 members (excludes halogenated alkanes) is 1. The molecule has 0 aliphatic rings. The standard InChI is InChI=1S/C14H20N4O/c15-8-12-19-14-6-4-13(5-7-14)3-1-2-10-18-11-9-16-17-18/h4-7,9,11H,1-3,8,10,12,15H2. The van der Waals surface area contributed by atoms with Gasteiger partial charge in [-0.2, -0.15) is 0 Å². The number of ether oxygens (including phenoxy) is 1. The molecular weight excluding hydrogens is 240 g/mol. The maximum absolute atomic E-state index is 5.44. The lowest BCUT2D eigenvalue weighted by Gasteiger charge is -2.06. The molecular formula is C14H20N4O. The summed E-state index contributed by atoms with van der Waals surface area (Å²) in [5.74, 6) is 0.886. The van der Waals surface area contributed by atoms with Crippen molar-refractivity contribution in [3.8, 4) is 5.75 Å². The minimum atomic E-state index is 0.546. The second-order valence-electron chi connectivity index (χ2n) is 4.40. The highest BCUT2D eigenvalue weighted by Crippen LogP contribution is 2.13. The Kier molecular flexibility index (Phi) is 5.37. The number of rotatable bonds is 8.